The van der Waals surface area contributed by atoms with Crippen LogP contribution in [-0.2, 0) is 14.4 Å². The lowest BCUT2D eigenvalue weighted by Gasteiger charge is -2.44. The number of anilines is 1. The topological polar surface area (TPSA) is 94.6 Å². The van der Waals surface area contributed by atoms with E-state index in [0.717, 1.165) is 0 Å². The lowest BCUT2D eigenvalue weighted by Crippen LogP contribution is -2.66. The summed E-state index contributed by atoms with van der Waals surface area (Å²) in [6, 6.07) is 2.81. The SMILES string of the molecule is C[C@@H](C(=O)Nc1ccc(Cl)cn1)N1CCN2C(=O)C(=O)NC[C@H]2C1. The molecule has 2 atom stereocenters. The smallest absolute Gasteiger partial charge is 0.312 e. The minimum Gasteiger partial charge on any atom is -0.346 e. The number of carbonyl (C=O) groups excluding carboxylic acids is 3. The minimum atomic E-state index is -0.556. The molecule has 2 aliphatic rings. The van der Waals surface area contributed by atoms with Crippen LogP contribution in [0.3, 0.4) is 0 Å². The lowest BCUT2D eigenvalue weighted by atomic mass is 10.1. The maximum absolute atomic E-state index is 12.4. The average Bonchev–Trinajstić information content (AvgIpc) is 2.59. The fourth-order valence-electron chi connectivity index (χ4n) is 2.94. The van der Waals surface area contributed by atoms with E-state index in [-0.39, 0.29) is 18.0 Å². The van der Waals surface area contributed by atoms with Gasteiger partial charge in [0, 0.05) is 32.4 Å². The third-order valence-electron chi connectivity index (χ3n) is 4.37. The molecule has 1 aromatic heterocycles. The van der Waals surface area contributed by atoms with Crippen LogP contribution in [-0.4, -0.2) is 70.8 Å². The van der Waals surface area contributed by atoms with Crippen molar-refractivity contribution in [2.45, 2.75) is 19.0 Å². The molecule has 3 heterocycles. The largest absolute Gasteiger partial charge is 0.346 e. The maximum Gasteiger partial charge on any atom is 0.312 e. The van der Waals surface area contributed by atoms with Gasteiger partial charge in [-0.3, -0.25) is 19.3 Å². The summed E-state index contributed by atoms with van der Waals surface area (Å²) in [5, 5.41) is 5.84. The van der Waals surface area contributed by atoms with Crippen molar-refractivity contribution in [1.29, 1.82) is 0 Å². The molecule has 9 heteroatoms. The van der Waals surface area contributed by atoms with E-state index in [1.165, 1.54) is 6.20 Å². The number of rotatable bonds is 3. The summed E-state index contributed by atoms with van der Waals surface area (Å²) in [4.78, 5) is 43.3. The number of nitrogens with one attached hydrogen (secondary N) is 2. The molecular formula is C15H18ClN5O3. The van der Waals surface area contributed by atoms with Crippen LogP contribution in [0.1, 0.15) is 6.92 Å². The van der Waals surface area contributed by atoms with Gasteiger partial charge in [-0.1, -0.05) is 11.6 Å². The molecule has 0 aliphatic carbocycles. The van der Waals surface area contributed by atoms with Gasteiger partial charge in [-0.15, -0.1) is 0 Å². The number of hydrogen-bond donors (Lipinski definition) is 2. The Morgan fingerprint density at radius 3 is 2.92 bits per heavy atom. The van der Waals surface area contributed by atoms with E-state index in [1.54, 1.807) is 17.0 Å². The molecule has 2 aliphatic heterocycles. The normalized spacial score (nSPS) is 22.6. The summed E-state index contributed by atoms with van der Waals surface area (Å²) in [6.07, 6.45) is 1.47. The van der Waals surface area contributed by atoms with E-state index in [9.17, 15) is 14.4 Å². The number of piperazine rings is 2. The number of fused-ring (bicyclic) bond motifs is 1. The molecule has 2 N–H and O–H groups in total. The zero-order chi connectivity index (χ0) is 17.3. The standard InChI is InChI=1S/C15H18ClN5O3/c1-9(13(22)19-12-3-2-10(16)6-17-12)20-4-5-21-11(8-20)7-18-14(23)15(21)24/h2-3,6,9,11H,4-5,7-8H2,1H3,(H,18,23)(H,17,19,22)/t9-,11-/m0/s1. The van der Waals surface area contributed by atoms with Gasteiger partial charge in [0.2, 0.25) is 5.91 Å². The van der Waals surface area contributed by atoms with E-state index in [1.807, 2.05) is 11.8 Å². The van der Waals surface area contributed by atoms with Gasteiger partial charge in [0.25, 0.3) is 0 Å². The first-order valence-electron chi connectivity index (χ1n) is 7.71. The van der Waals surface area contributed by atoms with E-state index < -0.39 is 11.8 Å². The van der Waals surface area contributed by atoms with Gasteiger partial charge in [0.15, 0.2) is 0 Å². The monoisotopic (exact) mass is 351 g/mol. The Morgan fingerprint density at radius 1 is 1.42 bits per heavy atom. The van der Waals surface area contributed by atoms with Gasteiger partial charge in [0.05, 0.1) is 17.1 Å². The Morgan fingerprint density at radius 2 is 2.21 bits per heavy atom. The van der Waals surface area contributed by atoms with Crippen LogP contribution >= 0.6 is 11.6 Å². The second kappa shape index (κ2) is 6.74. The van der Waals surface area contributed by atoms with Gasteiger partial charge in [-0.2, -0.15) is 0 Å². The van der Waals surface area contributed by atoms with Crippen molar-refractivity contribution in [3.05, 3.63) is 23.4 Å². The van der Waals surface area contributed by atoms with Crippen LogP contribution in [0, 0.1) is 0 Å². The quantitative estimate of drug-likeness (QED) is 0.729. The zero-order valence-electron chi connectivity index (χ0n) is 13.2. The fourth-order valence-corrected chi connectivity index (χ4v) is 3.05. The Balaban J connectivity index is 1.60. The molecule has 0 bridgehead atoms. The third kappa shape index (κ3) is 3.34. The van der Waals surface area contributed by atoms with Gasteiger partial charge in [0.1, 0.15) is 5.82 Å². The highest BCUT2D eigenvalue weighted by Crippen LogP contribution is 2.16. The summed E-state index contributed by atoms with van der Waals surface area (Å²) in [5.41, 5.74) is 0. The summed E-state index contributed by atoms with van der Waals surface area (Å²) >= 11 is 5.77. The predicted molar refractivity (Wildman–Crippen MR) is 87.4 cm³/mol. The molecule has 0 unspecified atom stereocenters. The highest BCUT2D eigenvalue weighted by Gasteiger charge is 2.39. The van der Waals surface area contributed by atoms with Gasteiger partial charge >= 0.3 is 11.8 Å². The second-order valence-electron chi connectivity index (χ2n) is 5.88. The van der Waals surface area contributed by atoms with Gasteiger partial charge < -0.3 is 15.5 Å². The molecule has 0 aromatic carbocycles. The Kier molecular flexibility index (Phi) is 4.68. The summed E-state index contributed by atoms with van der Waals surface area (Å²) in [6.45, 7) is 3.73. The van der Waals surface area contributed by atoms with Gasteiger partial charge in [-0.05, 0) is 19.1 Å². The van der Waals surface area contributed by atoms with Crippen LogP contribution < -0.4 is 10.6 Å². The first kappa shape index (κ1) is 16.7. The highest BCUT2D eigenvalue weighted by atomic mass is 35.5. The second-order valence-corrected chi connectivity index (χ2v) is 6.32. The summed E-state index contributed by atoms with van der Waals surface area (Å²) < 4.78 is 0. The summed E-state index contributed by atoms with van der Waals surface area (Å²) in [7, 11) is 0. The Hall–Kier alpha value is -2.19. The van der Waals surface area contributed by atoms with Crippen molar-refractivity contribution in [2.24, 2.45) is 0 Å². The number of amides is 3. The van der Waals surface area contributed by atoms with Crippen molar-refractivity contribution in [1.82, 2.24) is 20.1 Å². The van der Waals surface area contributed by atoms with Crippen molar-refractivity contribution in [3.63, 3.8) is 0 Å². The first-order valence-corrected chi connectivity index (χ1v) is 8.09. The van der Waals surface area contributed by atoms with Crippen LogP contribution in [0.5, 0.6) is 0 Å². The molecule has 8 nitrogen and oxygen atoms in total. The van der Waals surface area contributed by atoms with Crippen molar-refractivity contribution >= 4 is 35.1 Å². The Bertz CT molecular complexity index is 666. The van der Waals surface area contributed by atoms with E-state index in [0.29, 0.717) is 37.0 Å². The number of carbonyl (C=O) groups is 3. The molecule has 3 amide bonds. The predicted octanol–water partition coefficient (Wildman–Crippen LogP) is -0.295. The van der Waals surface area contributed by atoms with Crippen molar-refractivity contribution in [3.8, 4) is 0 Å². The van der Waals surface area contributed by atoms with Crippen LogP contribution in [0.25, 0.3) is 0 Å². The minimum absolute atomic E-state index is 0.104. The van der Waals surface area contributed by atoms with Crippen LogP contribution in [0.2, 0.25) is 5.02 Å². The fraction of sp³-hybridized carbons (Fsp3) is 0.467. The number of hydrogen-bond acceptors (Lipinski definition) is 5. The number of pyridine rings is 1. The highest BCUT2D eigenvalue weighted by molar-refractivity contribution is 6.35. The zero-order valence-corrected chi connectivity index (χ0v) is 13.9. The molecule has 0 saturated carbocycles. The lowest BCUT2D eigenvalue weighted by molar-refractivity contribution is -0.153. The first-order chi connectivity index (χ1) is 11.5. The number of aromatic nitrogens is 1. The molecule has 0 spiro atoms. The molecule has 2 saturated heterocycles. The molecule has 3 rings (SSSR count). The van der Waals surface area contributed by atoms with Crippen LogP contribution in [0.15, 0.2) is 18.3 Å². The summed E-state index contributed by atoms with van der Waals surface area (Å²) in [5.74, 6) is -0.785. The molecule has 2 fully saturated rings. The van der Waals surface area contributed by atoms with Crippen molar-refractivity contribution in [2.75, 3.05) is 31.5 Å². The van der Waals surface area contributed by atoms with E-state index >= 15 is 0 Å². The van der Waals surface area contributed by atoms with Crippen molar-refractivity contribution < 1.29 is 14.4 Å². The molecule has 24 heavy (non-hydrogen) atoms. The molecule has 1 aromatic rings. The molecular weight excluding hydrogens is 334 g/mol. The molecule has 0 radical (unpaired) electrons. The van der Waals surface area contributed by atoms with E-state index in [2.05, 4.69) is 15.6 Å². The number of halogens is 1. The Labute approximate surface area is 144 Å². The van der Waals surface area contributed by atoms with E-state index in [4.69, 9.17) is 11.6 Å². The maximum atomic E-state index is 12.4. The number of nitrogens with zero attached hydrogens (tertiary/aromatic N) is 3. The van der Waals surface area contributed by atoms with Crippen LogP contribution in [0.4, 0.5) is 5.82 Å². The third-order valence-corrected chi connectivity index (χ3v) is 4.60. The molecule has 128 valence electrons. The average molecular weight is 352 g/mol. The van der Waals surface area contributed by atoms with Gasteiger partial charge in [-0.25, -0.2) is 4.98 Å².